The molecule has 2 aromatic heterocycles. The molecule has 3 rings (SSSR count). The molecule has 3 heterocycles. The van der Waals surface area contributed by atoms with Gasteiger partial charge in [-0.05, 0) is 30.4 Å². The SMILES string of the molecule is CCc1ncc(S(=O)(=O)N2CCc3sccc3C2C)[nH]1. The number of aromatic nitrogens is 2. The summed E-state index contributed by atoms with van der Waals surface area (Å²) < 4.78 is 27.0. The standard InChI is InChI=1S/C13H17N3O2S2/c1-3-12-14-8-13(15-12)20(17,18)16-6-4-11-10(9(16)2)5-7-19-11/h5,7-9H,3-4,6H2,1-2H3,(H,14,15). The van der Waals surface area contributed by atoms with E-state index in [0.717, 1.165) is 12.0 Å². The average Bonchev–Trinajstić information content (AvgIpc) is 3.08. The number of nitrogens with zero attached hydrogens (tertiary/aromatic N) is 2. The van der Waals surface area contributed by atoms with Crippen LogP contribution < -0.4 is 0 Å². The van der Waals surface area contributed by atoms with Crippen molar-refractivity contribution in [2.75, 3.05) is 6.54 Å². The van der Waals surface area contributed by atoms with Gasteiger partial charge in [0.1, 0.15) is 5.82 Å². The van der Waals surface area contributed by atoms with E-state index < -0.39 is 10.0 Å². The van der Waals surface area contributed by atoms with Crippen molar-refractivity contribution in [1.29, 1.82) is 0 Å². The molecule has 20 heavy (non-hydrogen) atoms. The minimum absolute atomic E-state index is 0.122. The van der Waals surface area contributed by atoms with E-state index in [4.69, 9.17) is 0 Å². The van der Waals surface area contributed by atoms with Gasteiger partial charge in [0.15, 0.2) is 5.03 Å². The molecule has 108 valence electrons. The van der Waals surface area contributed by atoms with Crippen LogP contribution in [0.3, 0.4) is 0 Å². The van der Waals surface area contributed by atoms with Crippen LogP contribution in [0.5, 0.6) is 0 Å². The molecule has 0 radical (unpaired) electrons. The molecule has 1 N–H and O–H groups in total. The molecule has 0 saturated heterocycles. The number of aryl methyl sites for hydroxylation is 1. The molecule has 1 unspecified atom stereocenters. The largest absolute Gasteiger partial charge is 0.332 e. The highest BCUT2D eigenvalue weighted by atomic mass is 32.2. The van der Waals surface area contributed by atoms with Crippen molar-refractivity contribution < 1.29 is 8.42 Å². The lowest BCUT2D eigenvalue weighted by Crippen LogP contribution is -2.38. The second kappa shape index (κ2) is 4.98. The normalized spacial score (nSPS) is 20.0. The maximum absolute atomic E-state index is 12.7. The number of hydrogen-bond donors (Lipinski definition) is 1. The second-order valence-corrected chi connectivity index (χ2v) is 7.75. The highest BCUT2D eigenvalue weighted by Gasteiger charge is 2.35. The molecule has 0 fully saturated rings. The van der Waals surface area contributed by atoms with E-state index in [1.807, 2.05) is 25.3 Å². The third-order valence-electron chi connectivity index (χ3n) is 3.75. The maximum Gasteiger partial charge on any atom is 0.260 e. The lowest BCUT2D eigenvalue weighted by molar-refractivity contribution is 0.328. The van der Waals surface area contributed by atoms with Crippen molar-refractivity contribution in [2.45, 2.75) is 37.8 Å². The number of sulfonamides is 1. The molecule has 1 aliphatic heterocycles. The van der Waals surface area contributed by atoms with E-state index >= 15 is 0 Å². The summed E-state index contributed by atoms with van der Waals surface area (Å²) in [4.78, 5) is 8.29. The summed E-state index contributed by atoms with van der Waals surface area (Å²) in [5.74, 6) is 0.699. The molecule has 1 aliphatic rings. The number of imidazole rings is 1. The first-order valence-corrected chi connectivity index (χ1v) is 8.98. The van der Waals surface area contributed by atoms with Gasteiger partial charge in [0.2, 0.25) is 0 Å². The van der Waals surface area contributed by atoms with Crippen molar-refractivity contribution in [1.82, 2.24) is 14.3 Å². The Bertz CT molecular complexity index is 718. The Morgan fingerprint density at radius 1 is 1.55 bits per heavy atom. The van der Waals surface area contributed by atoms with Crippen molar-refractivity contribution in [3.8, 4) is 0 Å². The number of nitrogens with one attached hydrogen (secondary N) is 1. The van der Waals surface area contributed by atoms with Gasteiger partial charge in [-0.2, -0.15) is 4.31 Å². The topological polar surface area (TPSA) is 66.1 Å². The van der Waals surface area contributed by atoms with Crippen molar-refractivity contribution in [3.63, 3.8) is 0 Å². The number of hydrogen-bond acceptors (Lipinski definition) is 4. The molecule has 0 spiro atoms. The molecule has 7 heteroatoms. The van der Waals surface area contributed by atoms with Crippen molar-refractivity contribution in [3.05, 3.63) is 33.9 Å². The summed E-state index contributed by atoms with van der Waals surface area (Å²) >= 11 is 1.70. The van der Waals surface area contributed by atoms with E-state index in [-0.39, 0.29) is 11.1 Å². The predicted molar refractivity (Wildman–Crippen MR) is 78.3 cm³/mol. The first kappa shape index (κ1) is 13.8. The van der Waals surface area contributed by atoms with Crippen LogP contribution in [0, 0.1) is 0 Å². The fourth-order valence-corrected chi connectivity index (χ4v) is 5.10. The fraction of sp³-hybridized carbons (Fsp3) is 0.462. The molecule has 1 atom stereocenters. The Morgan fingerprint density at radius 2 is 2.35 bits per heavy atom. The summed E-state index contributed by atoms with van der Waals surface area (Å²) in [6.07, 6.45) is 2.90. The average molecular weight is 311 g/mol. The van der Waals surface area contributed by atoms with Crippen molar-refractivity contribution in [2.24, 2.45) is 0 Å². The van der Waals surface area contributed by atoms with E-state index in [1.54, 1.807) is 15.6 Å². The molecule has 0 aromatic carbocycles. The summed E-state index contributed by atoms with van der Waals surface area (Å²) in [6, 6.07) is 1.90. The number of fused-ring (bicyclic) bond motifs is 1. The molecular formula is C13H17N3O2S2. The molecule has 5 nitrogen and oxygen atoms in total. The predicted octanol–water partition coefficient (Wildman–Crippen LogP) is 2.34. The van der Waals surface area contributed by atoms with E-state index in [2.05, 4.69) is 9.97 Å². The second-order valence-electron chi connectivity index (χ2n) is 4.89. The van der Waals surface area contributed by atoms with Gasteiger partial charge in [0.05, 0.1) is 6.20 Å². The highest BCUT2D eigenvalue weighted by molar-refractivity contribution is 7.89. The van der Waals surface area contributed by atoms with Gasteiger partial charge < -0.3 is 4.98 Å². The summed E-state index contributed by atoms with van der Waals surface area (Å²) in [5, 5.41) is 2.22. The third-order valence-corrected chi connectivity index (χ3v) is 6.62. The fourth-order valence-electron chi connectivity index (χ4n) is 2.60. The number of H-pyrrole nitrogens is 1. The van der Waals surface area contributed by atoms with Gasteiger partial charge in [-0.15, -0.1) is 11.3 Å². The maximum atomic E-state index is 12.7. The number of aromatic amines is 1. The number of rotatable bonds is 3. The Labute approximate surface area is 122 Å². The Hall–Kier alpha value is -1.18. The van der Waals surface area contributed by atoms with Gasteiger partial charge in [-0.3, -0.25) is 0 Å². The first-order chi connectivity index (χ1) is 9.54. The van der Waals surface area contributed by atoms with Crippen LogP contribution in [0.1, 0.15) is 36.2 Å². The van der Waals surface area contributed by atoms with Crippen LogP contribution in [0.25, 0.3) is 0 Å². The molecule has 2 aromatic rings. The lowest BCUT2D eigenvalue weighted by Gasteiger charge is -2.31. The lowest BCUT2D eigenvalue weighted by atomic mass is 10.0. The molecule has 0 bridgehead atoms. The van der Waals surface area contributed by atoms with E-state index in [0.29, 0.717) is 18.8 Å². The van der Waals surface area contributed by atoms with Crippen LogP contribution in [0.4, 0.5) is 0 Å². The van der Waals surface area contributed by atoms with Crippen molar-refractivity contribution >= 4 is 21.4 Å². The van der Waals surface area contributed by atoms with Gasteiger partial charge in [0.25, 0.3) is 10.0 Å². The Morgan fingerprint density at radius 3 is 3.05 bits per heavy atom. The third kappa shape index (κ3) is 2.10. The molecule has 0 aliphatic carbocycles. The van der Waals surface area contributed by atoms with Gasteiger partial charge in [-0.1, -0.05) is 6.92 Å². The highest BCUT2D eigenvalue weighted by Crippen LogP contribution is 2.35. The summed E-state index contributed by atoms with van der Waals surface area (Å²) in [6.45, 7) is 4.41. The molecule has 0 amide bonds. The van der Waals surface area contributed by atoms with Crippen LogP contribution in [0.2, 0.25) is 0 Å². The summed E-state index contributed by atoms with van der Waals surface area (Å²) in [7, 11) is -3.50. The Balaban J connectivity index is 1.96. The quantitative estimate of drug-likeness (QED) is 0.946. The zero-order chi connectivity index (χ0) is 14.3. The van der Waals surface area contributed by atoms with E-state index in [1.165, 1.54) is 11.1 Å². The van der Waals surface area contributed by atoms with Crippen LogP contribution >= 0.6 is 11.3 Å². The number of thiophene rings is 1. The minimum atomic E-state index is -3.50. The smallest absolute Gasteiger partial charge is 0.260 e. The zero-order valence-corrected chi connectivity index (χ0v) is 13.1. The monoisotopic (exact) mass is 311 g/mol. The van der Waals surface area contributed by atoms with Crippen LogP contribution in [0.15, 0.2) is 22.7 Å². The zero-order valence-electron chi connectivity index (χ0n) is 11.5. The van der Waals surface area contributed by atoms with Crippen LogP contribution in [-0.4, -0.2) is 29.2 Å². The first-order valence-electron chi connectivity index (χ1n) is 6.66. The summed E-state index contributed by atoms with van der Waals surface area (Å²) in [5.41, 5.74) is 1.13. The van der Waals surface area contributed by atoms with Gasteiger partial charge >= 0.3 is 0 Å². The Kier molecular flexibility index (Phi) is 3.43. The molecular weight excluding hydrogens is 294 g/mol. The minimum Gasteiger partial charge on any atom is -0.332 e. The molecule has 0 saturated carbocycles. The van der Waals surface area contributed by atoms with Gasteiger partial charge in [0, 0.05) is 23.9 Å². The van der Waals surface area contributed by atoms with Gasteiger partial charge in [-0.25, -0.2) is 13.4 Å². The van der Waals surface area contributed by atoms with Crippen LogP contribution in [-0.2, 0) is 22.9 Å². The van der Waals surface area contributed by atoms with E-state index in [9.17, 15) is 8.42 Å².